The van der Waals surface area contributed by atoms with Gasteiger partial charge in [0.05, 0.1) is 17.5 Å². The molecule has 0 unspecified atom stereocenters. The number of ether oxygens (including phenoxy) is 2. The molecule has 0 radical (unpaired) electrons. The van der Waals surface area contributed by atoms with E-state index >= 15 is 0 Å². The molecule has 0 bridgehead atoms. The molecule has 0 saturated carbocycles. The SMILES string of the molecule is COCc1nn(-c2noc(C3CCNCC3)n2)c2cccc(OC(=O)C(F)(F)F)c12. The van der Waals surface area contributed by atoms with Gasteiger partial charge in [-0.1, -0.05) is 6.07 Å². The van der Waals surface area contributed by atoms with Crippen molar-refractivity contribution in [2.45, 2.75) is 31.5 Å². The number of piperidine rings is 1. The van der Waals surface area contributed by atoms with Crippen LogP contribution in [0.3, 0.4) is 0 Å². The maximum atomic E-state index is 12.7. The lowest BCUT2D eigenvalue weighted by Gasteiger charge is -2.18. The van der Waals surface area contributed by atoms with Gasteiger partial charge in [0.15, 0.2) is 0 Å². The highest BCUT2D eigenvalue weighted by Gasteiger charge is 2.42. The number of nitrogens with zero attached hydrogens (tertiary/aromatic N) is 4. The summed E-state index contributed by atoms with van der Waals surface area (Å²) in [6, 6.07) is 4.31. The molecule has 1 fully saturated rings. The van der Waals surface area contributed by atoms with E-state index in [9.17, 15) is 18.0 Å². The Kier molecular flexibility index (Phi) is 5.43. The van der Waals surface area contributed by atoms with Crippen LogP contribution in [0.2, 0.25) is 0 Å². The number of aromatic nitrogens is 4. The van der Waals surface area contributed by atoms with Crippen molar-refractivity contribution in [3.8, 4) is 11.7 Å². The van der Waals surface area contributed by atoms with Gasteiger partial charge in [-0.3, -0.25) is 0 Å². The second kappa shape index (κ2) is 8.03. The normalized spacial score (nSPS) is 15.6. The van der Waals surface area contributed by atoms with Gasteiger partial charge in [-0.05, 0) is 43.2 Å². The lowest BCUT2D eigenvalue weighted by molar-refractivity contribution is -0.189. The number of esters is 1. The number of carbonyl (C=O) groups excluding carboxylic acids is 1. The number of fused-ring (bicyclic) bond motifs is 1. The van der Waals surface area contributed by atoms with Crippen molar-refractivity contribution in [3.05, 3.63) is 29.8 Å². The third-order valence-corrected chi connectivity index (χ3v) is 4.77. The van der Waals surface area contributed by atoms with Gasteiger partial charge in [-0.15, -0.1) is 0 Å². The fourth-order valence-corrected chi connectivity index (χ4v) is 3.39. The summed E-state index contributed by atoms with van der Waals surface area (Å²) >= 11 is 0. The zero-order valence-electron chi connectivity index (χ0n) is 15.9. The Morgan fingerprint density at radius 2 is 2.10 bits per heavy atom. The van der Waals surface area contributed by atoms with E-state index in [1.807, 2.05) is 0 Å². The largest absolute Gasteiger partial charge is 0.491 e. The van der Waals surface area contributed by atoms with E-state index in [0.29, 0.717) is 11.4 Å². The topological polar surface area (TPSA) is 104 Å². The maximum Gasteiger partial charge on any atom is 0.491 e. The molecule has 12 heteroatoms. The van der Waals surface area contributed by atoms with Crippen LogP contribution in [0.5, 0.6) is 5.75 Å². The molecule has 0 spiro atoms. The Morgan fingerprint density at radius 3 is 2.80 bits per heavy atom. The molecule has 1 aromatic carbocycles. The van der Waals surface area contributed by atoms with Crippen molar-refractivity contribution in [1.82, 2.24) is 25.2 Å². The van der Waals surface area contributed by atoms with Crippen molar-refractivity contribution in [2.24, 2.45) is 0 Å². The molecule has 1 N–H and O–H groups in total. The highest BCUT2D eigenvalue weighted by atomic mass is 19.4. The molecule has 3 heterocycles. The van der Waals surface area contributed by atoms with Crippen LogP contribution in [0.25, 0.3) is 16.9 Å². The monoisotopic (exact) mass is 425 g/mol. The average molecular weight is 425 g/mol. The molecule has 1 saturated heterocycles. The first-order chi connectivity index (χ1) is 14.4. The predicted octanol–water partition coefficient (Wildman–Crippen LogP) is 2.49. The van der Waals surface area contributed by atoms with E-state index in [1.54, 1.807) is 6.07 Å². The number of methoxy groups -OCH3 is 1. The van der Waals surface area contributed by atoms with Crippen molar-refractivity contribution >= 4 is 16.9 Å². The van der Waals surface area contributed by atoms with Crippen LogP contribution in [0.15, 0.2) is 22.7 Å². The summed E-state index contributed by atoms with van der Waals surface area (Å²) < 4.78 is 54.5. The van der Waals surface area contributed by atoms with Gasteiger partial charge >= 0.3 is 12.1 Å². The first-order valence-corrected chi connectivity index (χ1v) is 9.21. The summed E-state index contributed by atoms with van der Waals surface area (Å²) in [5, 5.41) is 11.8. The van der Waals surface area contributed by atoms with Gasteiger partial charge in [0.25, 0.3) is 5.95 Å². The lowest BCUT2D eigenvalue weighted by atomic mass is 9.98. The first kappa shape index (κ1) is 20.3. The summed E-state index contributed by atoms with van der Waals surface area (Å²) in [6.45, 7) is 1.67. The van der Waals surface area contributed by atoms with E-state index in [2.05, 4.69) is 25.3 Å². The van der Waals surface area contributed by atoms with Gasteiger partial charge in [-0.2, -0.15) is 27.9 Å². The number of halogens is 3. The highest BCUT2D eigenvalue weighted by molar-refractivity contribution is 5.92. The third kappa shape index (κ3) is 3.87. The molecular formula is C18H18F3N5O4. The second-order valence-electron chi connectivity index (χ2n) is 6.79. The van der Waals surface area contributed by atoms with Crippen LogP contribution in [0.1, 0.15) is 30.3 Å². The number of nitrogens with one attached hydrogen (secondary N) is 1. The number of carbonyl (C=O) groups is 1. The Labute approximate surface area is 168 Å². The van der Waals surface area contributed by atoms with Gasteiger partial charge in [0, 0.05) is 13.0 Å². The number of hydrogen-bond donors (Lipinski definition) is 1. The molecule has 0 aliphatic carbocycles. The lowest BCUT2D eigenvalue weighted by Crippen LogP contribution is -2.28. The molecule has 30 heavy (non-hydrogen) atoms. The molecule has 0 amide bonds. The molecular weight excluding hydrogens is 407 g/mol. The van der Waals surface area contributed by atoms with E-state index in [-0.39, 0.29) is 35.3 Å². The van der Waals surface area contributed by atoms with Crippen LogP contribution in [0, 0.1) is 0 Å². The van der Waals surface area contributed by atoms with Crippen molar-refractivity contribution in [2.75, 3.05) is 20.2 Å². The minimum absolute atomic E-state index is 0.0247. The number of rotatable bonds is 5. The summed E-state index contributed by atoms with van der Waals surface area (Å²) in [4.78, 5) is 15.8. The van der Waals surface area contributed by atoms with Crippen LogP contribution in [-0.4, -0.2) is 52.3 Å². The van der Waals surface area contributed by atoms with Crippen LogP contribution in [0.4, 0.5) is 13.2 Å². The van der Waals surface area contributed by atoms with Gasteiger partial charge in [0.1, 0.15) is 11.4 Å². The first-order valence-electron chi connectivity index (χ1n) is 9.21. The van der Waals surface area contributed by atoms with Crippen LogP contribution >= 0.6 is 0 Å². The molecule has 0 atom stereocenters. The molecule has 2 aromatic heterocycles. The molecule has 1 aliphatic rings. The molecule has 160 valence electrons. The van der Waals surface area contributed by atoms with E-state index in [4.69, 9.17) is 9.26 Å². The third-order valence-electron chi connectivity index (χ3n) is 4.77. The van der Waals surface area contributed by atoms with Gasteiger partial charge in [-0.25, -0.2) is 4.79 Å². The molecule has 4 rings (SSSR count). The average Bonchev–Trinajstić information content (AvgIpc) is 3.34. The van der Waals surface area contributed by atoms with Crippen LogP contribution < -0.4 is 10.1 Å². The zero-order valence-corrected chi connectivity index (χ0v) is 15.9. The predicted molar refractivity (Wildman–Crippen MR) is 96.2 cm³/mol. The number of benzene rings is 1. The minimum atomic E-state index is -5.13. The Bertz CT molecular complexity index is 1060. The van der Waals surface area contributed by atoms with Gasteiger partial charge < -0.3 is 19.3 Å². The quantitative estimate of drug-likeness (QED) is 0.491. The summed E-state index contributed by atoms with van der Waals surface area (Å²) in [5.41, 5.74) is 0.624. The molecule has 3 aromatic rings. The fraction of sp³-hybridized carbons (Fsp3) is 0.444. The second-order valence-corrected chi connectivity index (χ2v) is 6.79. The van der Waals surface area contributed by atoms with Crippen LogP contribution in [-0.2, 0) is 16.1 Å². The highest BCUT2D eigenvalue weighted by Crippen LogP contribution is 2.33. The Morgan fingerprint density at radius 1 is 1.33 bits per heavy atom. The smallest absolute Gasteiger partial charge is 0.419 e. The van der Waals surface area contributed by atoms with Crippen molar-refractivity contribution < 1.29 is 32.0 Å². The standard InChI is InChI=1S/C18H18F3N5O4/c1-28-9-11-14-12(3-2-4-13(14)29-16(27)18(19,20)21)26(24-11)17-23-15(30-25-17)10-5-7-22-8-6-10/h2-4,10,22H,5-9H2,1H3. The maximum absolute atomic E-state index is 12.7. The molecule has 9 nitrogen and oxygen atoms in total. The number of alkyl halides is 3. The van der Waals surface area contributed by atoms with Crippen molar-refractivity contribution in [1.29, 1.82) is 0 Å². The summed E-state index contributed by atoms with van der Waals surface area (Å²) in [5.74, 6) is -1.87. The summed E-state index contributed by atoms with van der Waals surface area (Å²) in [6.07, 6.45) is -3.42. The minimum Gasteiger partial charge on any atom is -0.419 e. The van der Waals surface area contributed by atoms with E-state index in [1.165, 1.54) is 23.9 Å². The Hall–Kier alpha value is -2.99. The van der Waals surface area contributed by atoms with Crippen molar-refractivity contribution in [3.63, 3.8) is 0 Å². The van der Waals surface area contributed by atoms with E-state index in [0.717, 1.165) is 25.9 Å². The summed E-state index contributed by atoms with van der Waals surface area (Å²) in [7, 11) is 1.42. The number of hydrogen-bond acceptors (Lipinski definition) is 8. The Balaban J connectivity index is 1.75. The van der Waals surface area contributed by atoms with E-state index < -0.39 is 12.1 Å². The zero-order chi connectivity index (χ0) is 21.3. The van der Waals surface area contributed by atoms with Gasteiger partial charge in [0.2, 0.25) is 5.89 Å². The molecule has 1 aliphatic heterocycles. The fourth-order valence-electron chi connectivity index (χ4n) is 3.39.